The summed E-state index contributed by atoms with van der Waals surface area (Å²) in [6.45, 7) is 5.74. The summed E-state index contributed by atoms with van der Waals surface area (Å²) in [5.74, 6) is 0.124. The second-order valence-corrected chi connectivity index (χ2v) is 3.13. The van der Waals surface area contributed by atoms with Crippen LogP contribution in [0.5, 0.6) is 0 Å². The number of likely N-dealkylation sites (N-methyl/N-ethyl adjacent to an activating group) is 1. The molecule has 0 aromatic carbocycles. The number of rotatable bonds is 6. The second kappa shape index (κ2) is 7.04. The third kappa shape index (κ3) is 7.48. The molecule has 0 spiro atoms. The quantitative estimate of drug-likeness (QED) is 0.566. The summed E-state index contributed by atoms with van der Waals surface area (Å²) in [5.41, 5.74) is 0. The summed E-state index contributed by atoms with van der Waals surface area (Å²) in [7, 11) is 2.07. The number of hydrogen-bond acceptors (Lipinski definition) is 2. The molecule has 0 N–H and O–H groups in total. The predicted octanol–water partition coefficient (Wildman–Crippen LogP) is 1.86. The molecular formula is C10H19NO. The molecule has 0 amide bonds. The van der Waals surface area contributed by atoms with Crippen LogP contribution in [0.2, 0.25) is 0 Å². The monoisotopic (exact) mass is 169 g/mol. The fourth-order valence-electron chi connectivity index (χ4n) is 0.918. The van der Waals surface area contributed by atoms with Gasteiger partial charge in [-0.1, -0.05) is 19.4 Å². The maximum absolute atomic E-state index is 10.5. The summed E-state index contributed by atoms with van der Waals surface area (Å²) in [5, 5.41) is 0. The van der Waals surface area contributed by atoms with Crippen LogP contribution in [0.25, 0.3) is 0 Å². The van der Waals surface area contributed by atoms with Gasteiger partial charge in [-0.2, -0.15) is 0 Å². The molecule has 70 valence electrons. The molecular weight excluding hydrogens is 150 g/mol. The van der Waals surface area contributed by atoms with Gasteiger partial charge in [0.2, 0.25) is 0 Å². The molecule has 2 nitrogen and oxygen atoms in total. The number of carbonyl (C=O) groups is 1. The minimum Gasteiger partial charge on any atom is -0.303 e. The Morgan fingerprint density at radius 1 is 1.50 bits per heavy atom. The molecule has 12 heavy (non-hydrogen) atoms. The van der Waals surface area contributed by atoms with E-state index < -0.39 is 0 Å². The van der Waals surface area contributed by atoms with Gasteiger partial charge in [0.15, 0.2) is 5.78 Å². The van der Waals surface area contributed by atoms with Gasteiger partial charge in [0, 0.05) is 6.54 Å². The number of nitrogens with zero attached hydrogens (tertiary/aromatic N) is 1. The molecule has 0 bridgehead atoms. The van der Waals surface area contributed by atoms with Gasteiger partial charge < -0.3 is 4.90 Å². The van der Waals surface area contributed by atoms with E-state index in [-0.39, 0.29) is 5.78 Å². The molecule has 0 rings (SSSR count). The summed E-state index contributed by atoms with van der Waals surface area (Å²) >= 11 is 0. The predicted molar refractivity (Wildman–Crippen MR) is 52.2 cm³/mol. The lowest BCUT2D eigenvalue weighted by Crippen LogP contribution is -2.19. The summed E-state index contributed by atoms with van der Waals surface area (Å²) in [6.07, 6.45) is 5.99. The first kappa shape index (κ1) is 11.4. The van der Waals surface area contributed by atoms with E-state index in [0.29, 0.717) is 0 Å². The first-order chi connectivity index (χ1) is 5.66. The van der Waals surface area contributed by atoms with Gasteiger partial charge in [0.25, 0.3) is 0 Å². The summed E-state index contributed by atoms with van der Waals surface area (Å²) in [4.78, 5) is 12.7. The van der Waals surface area contributed by atoms with Crippen LogP contribution in [0.15, 0.2) is 12.2 Å². The zero-order valence-corrected chi connectivity index (χ0v) is 8.34. The first-order valence-electron chi connectivity index (χ1n) is 4.52. The molecule has 0 saturated heterocycles. The minimum atomic E-state index is 0.124. The van der Waals surface area contributed by atoms with Gasteiger partial charge in [0.1, 0.15) is 0 Å². The van der Waals surface area contributed by atoms with E-state index in [4.69, 9.17) is 0 Å². The SMILES string of the molecule is CCCCN(C)C/C=C/C(C)=O. The van der Waals surface area contributed by atoms with E-state index in [1.807, 2.05) is 6.08 Å². The van der Waals surface area contributed by atoms with E-state index in [9.17, 15) is 4.79 Å². The Balaban J connectivity index is 3.42. The highest BCUT2D eigenvalue weighted by Gasteiger charge is 1.92. The second-order valence-electron chi connectivity index (χ2n) is 3.13. The van der Waals surface area contributed by atoms with Crippen LogP contribution in [-0.4, -0.2) is 30.8 Å². The number of unbranched alkanes of at least 4 members (excludes halogenated alkanes) is 1. The standard InChI is InChI=1S/C10H19NO/c1-4-5-8-11(3)9-6-7-10(2)12/h6-7H,4-5,8-9H2,1-3H3/b7-6+. The number of allylic oxidation sites excluding steroid dienone is 1. The van der Waals surface area contributed by atoms with Crippen molar-refractivity contribution in [3.63, 3.8) is 0 Å². The molecule has 0 aromatic heterocycles. The highest BCUT2D eigenvalue weighted by atomic mass is 16.1. The van der Waals surface area contributed by atoms with Crippen molar-refractivity contribution in [2.24, 2.45) is 0 Å². The van der Waals surface area contributed by atoms with Crippen molar-refractivity contribution in [1.29, 1.82) is 0 Å². The molecule has 0 aliphatic rings. The Morgan fingerprint density at radius 2 is 2.17 bits per heavy atom. The van der Waals surface area contributed by atoms with Crippen molar-refractivity contribution >= 4 is 5.78 Å². The highest BCUT2D eigenvalue weighted by molar-refractivity contribution is 5.87. The van der Waals surface area contributed by atoms with Crippen LogP contribution >= 0.6 is 0 Å². The van der Waals surface area contributed by atoms with Crippen LogP contribution in [0.3, 0.4) is 0 Å². The third-order valence-electron chi connectivity index (χ3n) is 1.66. The number of hydrogen-bond donors (Lipinski definition) is 0. The highest BCUT2D eigenvalue weighted by Crippen LogP contribution is 1.91. The molecule has 0 atom stereocenters. The van der Waals surface area contributed by atoms with Crippen molar-refractivity contribution in [3.8, 4) is 0 Å². The summed E-state index contributed by atoms with van der Waals surface area (Å²) in [6, 6.07) is 0. The Kier molecular flexibility index (Phi) is 6.67. The number of carbonyl (C=O) groups excluding carboxylic acids is 1. The smallest absolute Gasteiger partial charge is 0.152 e. The first-order valence-corrected chi connectivity index (χ1v) is 4.52. The van der Waals surface area contributed by atoms with E-state index in [0.717, 1.165) is 13.1 Å². The molecule has 0 heterocycles. The van der Waals surface area contributed by atoms with Crippen molar-refractivity contribution in [2.75, 3.05) is 20.1 Å². The fourth-order valence-corrected chi connectivity index (χ4v) is 0.918. The van der Waals surface area contributed by atoms with Gasteiger partial charge >= 0.3 is 0 Å². The minimum absolute atomic E-state index is 0.124. The Hall–Kier alpha value is -0.630. The Morgan fingerprint density at radius 3 is 2.67 bits per heavy atom. The molecule has 0 aliphatic carbocycles. The van der Waals surface area contributed by atoms with Gasteiger partial charge in [-0.3, -0.25) is 4.79 Å². The molecule has 0 fully saturated rings. The van der Waals surface area contributed by atoms with E-state index >= 15 is 0 Å². The van der Waals surface area contributed by atoms with Gasteiger partial charge in [-0.25, -0.2) is 0 Å². The van der Waals surface area contributed by atoms with E-state index in [1.54, 1.807) is 13.0 Å². The number of ketones is 1. The van der Waals surface area contributed by atoms with Crippen molar-refractivity contribution in [3.05, 3.63) is 12.2 Å². The van der Waals surface area contributed by atoms with Crippen molar-refractivity contribution in [2.45, 2.75) is 26.7 Å². The normalized spacial score (nSPS) is 11.3. The van der Waals surface area contributed by atoms with Crippen LogP contribution < -0.4 is 0 Å². The van der Waals surface area contributed by atoms with Crippen LogP contribution in [0.4, 0.5) is 0 Å². The van der Waals surface area contributed by atoms with Gasteiger partial charge in [-0.15, -0.1) is 0 Å². The lowest BCUT2D eigenvalue weighted by atomic mass is 10.3. The van der Waals surface area contributed by atoms with E-state index in [1.165, 1.54) is 12.8 Å². The van der Waals surface area contributed by atoms with Crippen LogP contribution in [-0.2, 0) is 4.79 Å². The maximum atomic E-state index is 10.5. The molecule has 2 heteroatoms. The van der Waals surface area contributed by atoms with Gasteiger partial charge in [0.05, 0.1) is 0 Å². The Bertz CT molecular complexity index is 152. The van der Waals surface area contributed by atoms with Crippen LogP contribution in [0, 0.1) is 0 Å². The topological polar surface area (TPSA) is 20.3 Å². The lowest BCUT2D eigenvalue weighted by molar-refractivity contribution is -0.112. The zero-order chi connectivity index (χ0) is 9.40. The van der Waals surface area contributed by atoms with Crippen molar-refractivity contribution in [1.82, 2.24) is 4.90 Å². The molecule has 0 aliphatic heterocycles. The molecule has 0 radical (unpaired) electrons. The van der Waals surface area contributed by atoms with Crippen LogP contribution in [0.1, 0.15) is 26.7 Å². The average molecular weight is 169 g/mol. The third-order valence-corrected chi connectivity index (χ3v) is 1.66. The largest absolute Gasteiger partial charge is 0.303 e. The lowest BCUT2D eigenvalue weighted by Gasteiger charge is -2.12. The average Bonchev–Trinajstić information content (AvgIpc) is 2.00. The molecule has 0 aromatic rings. The molecule has 0 unspecified atom stereocenters. The zero-order valence-electron chi connectivity index (χ0n) is 8.34. The molecule has 0 saturated carbocycles. The summed E-state index contributed by atoms with van der Waals surface area (Å²) < 4.78 is 0. The maximum Gasteiger partial charge on any atom is 0.152 e. The fraction of sp³-hybridized carbons (Fsp3) is 0.700. The van der Waals surface area contributed by atoms with Gasteiger partial charge in [-0.05, 0) is 33.0 Å². The Labute approximate surface area is 75.3 Å². The van der Waals surface area contributed by atoms with Crippen molar-refractivity contribution < 1.29 is 4.79 Å². The van der Waals surface area contributed by atoms with E-state index in [2.05, 4.69) is 18.9 Å².